The molecule has 0 bridgehead atoms. The molecule has 0 radical (unpaired) electrons. The zero-order valence-electron chi connectivity index (χ0n) is 12.3. The number of carbonyl (C=O) groups excluding carboxylic acids is 2. The largest absolute Gasteiger partial charge is 0.497 e. The first-order valence-electron chi connectivity index (χ1n) is 6.44. The Balaban J connectivity index is 2.86. The molecule has 22 heavy (non-hydrogen) atoms. The van der Waals surface area contributed by atoms with Crippen molar-refractivity contribution in [1.82, 2.24) is 0 Å². The smallest absolute Gasteiger partial charge is 0.249 e. The minimum Gasteiger partial charge on any atom is -0.497 e. The van der Waals surface area contributed by atoms with Crippen LogP contribution in [0.1, 0.15) is 20.7 Å². The van der Waals surface area contributed by atoms with Crippen molar-refractivity contribution >= 4 is 11.8 Å². The number of benzene rings is 2. The lowest BCUT2D eigenvalue weighted by Gasteiger charge is -2.15. The predicted molar refractivity (Wildman–Crippen MR) is 82.0 cm³/mol. The summed E-state index contributed by atoms with van der Waals surface area (Å²) in [6.45, 7) is 0. The van der Waals surface area contributed by atoms with Gasteiger partial charge >= 0.3 is 0 Å². The first-order chi connectivity index (χ1) is 10.5. The summed E-state index contributed by atoms with van der Waals surface area (Å²) < 4.78 is 10.5. The Morgan fingerprint density at radius 1 is 0.909 bits per heavy atom. The summed E-state index contributed by atoms with van der Waals surface area (Å²) in [6.07, 6.45) is 0. The Labute approximate surface area is 127 Å². The molecule has 0 aromatic heterocycles. The molecule has 0 atom stereocenters. The minimum atomic E-state index is -0.664. The van der Waals surface area contributed by atoms with Crippen LogP contribution in [-0.4, -0.2) is 26.0 Å². The molecule has 0 saturated carbocycles. The number of hydrogen-bond acceptors (Lipinski definition) is 4. The van der Waals surface area contributed by atoms with E-state index in [1.165, 1.54) is 26.4 Å². The summed E-state index contributed by atoms with van der Waals surface area (Å²) >= 11 is 0. The highest BCUT2D eigenvalue weighted by Gasteiger charge is 2.21. The minimum absolute atomic E-state index is 0.183. The molecule has 6 heteroatoms. The molecule has 0 aliphatic heterocycles. The maximum Gasteiger partial charge on any atom is 0.249 e. The van der Waals surface area contributed by atoms with Gasteiger partial charge in [-0.3, -0.25) is 9.59 Å². The Kier molecular flexibility index (Phi) is 4.31. The number of methoxy groups -OCH3 is 2. The lowest BCUT2D eigenvalue weighted by molar-refractivity contribution is 0.0999. The van der Waals surface area contributed by atoms with E-state index in [0.29, 0.717) is 22.6 Å². The molecule has 0 spiro atoms. The van der Waals surface area contributed by atoms with Crippen LogP contribution in [0.15, 0.2) is 36.4 Å². The number of nitrogens with two attached hydrogens (primary N) is 2. The van der Waals surface area contributed by atoms with Crippen molar-refractivity contribution in [2.24, 2.45) is 11.5 Å². The van der Waals surface area contributed by atoms with Crippen LogP contribution < -0.4 is 20.9 Å². The molecule has 2 aromatic carbocycles. The molecule has 2 rings (SSSR count). The zero-order valence-corrected chi connectivity index (χ0v) is 12.3. The summed E-state index contributed by atoms with van der Waals surface area (Å²) in [6, 6.07) is 9.66. The van der Waals surface area contributed by atoms with Gasteiger partial charge in [-0.05, 0) is 30.3 Å². The van der Waals surface area contributed by atoms with Gasteiger partial charge in [0.15, 0.2) is 0 Å². The van der Waals surface area contributed by atoms with Crippen LogP contribution in [0, 0.1) is 0 Å². The molecular weight excluding hydrogens is 284 g/mol. The van der Waals surface area contributed by atoms with E-state index in [1.54, 1.807) is 24.3 Å². The number of amides is 2. The number of primary amides is 2. The summed E-state index contributed by atoms with van der Waals surface area (Å²) in [7, 11) is 3.00. The highest BCUT2D eigenvalue weighted by atomic mass is 16.5. The lowest BCUT2D eigenvalue weighted by atomic mass is 9.92. The zero-order chi connectivity index (χ0) is 16.3. The molecule has 2 amide bonds. The van der Waals surface area contributed by atoms with Gasteiger partial charge in [0.05, 0.1) is 14.2 Å². The molecule has 0 fully saturated rings. The summed E-state index contributed by atoms with van der Waals surface area (Å²) in [5, 5.41) is 0. The fourth-order valence-electron chi connectivity index (χ4n) is 2.26. The van der Waals surface area contributed by atoms with E-state index < -0.39 is 11.8 Å². The number of hydrogen-bond donors (Lipinski definition) is 2. The van der Waals surface area contributed by atoms with Crippen molar-refractivity contribution in [3.63, 3.8) is 0 Å². The van der Waals surface area contributed by atoms with Gasteiger partial charge in [0.1, 0.15) is 11.5 Å². The Morgan fingerprint density at radius 3 is 1.95 bits per heavy atom. The average molecular weight is 300 g/mol. The standard InChI is InChI=1S/C16H16N2O4/c1-21-9-6-7-13(22-2)12(8-9)14-10(15(17)19)4-3-5-11(14)16(18)20/h3-8H,1-2H3,(H2,17,19)(H2,18,20). The molecule has 0 saturated heterocycles. The van der Waals surface area contributed by atoms with Gasteiger partial charge < -0.3 is 20.9 Å². The fourth-order valence-corrected chi connectivity index (χ4v) is 2.26. The SMILES string of the molecule is COc1ccc(OC)c(-c2c(C(N)=O)cccc2C(N)=O)c1. The van der Waals surface area contributed by atoms with Crippen molar-refractivity contribution in [3.05, 3.63) is 47.5 Å². The highest BCUT2D eigenvalue weighted by molar-refractivity contribution is 6.09. The van der Waals surface area contributed by atoms with Crippen molar-refractivity contribution in [2.45, 2.75) is 0 Å². The lowest BCUT2D eigenvalue weighted by Crippen LogP contribution is -2.18. The van der Waals surface area contributed by atoms with Gasteiger partial charge in [-0.2, -0.15) is 0 Å². The molecule has 0 aliphatic carbocycles. The van der Waals surface area contributed by atoms with Crippen LogP contribution in [0.2, 0.25) is 0 Å². The third-order valence-corrected chi connectivity index (χ3v) is 3.27. The third-order valence-electron chi connectivity index (χ3n) is 3.27. The average Bonchev–Trinajstić information content (AvgIpc) is 2.53. The highest BCUT2D eigenvalue weighted by Crippen LogP contribution is 2.37. The van der Waals surface area contributed by atoms with Crippen LogP contribution in [0.5, 0.6) is 11.5 Å². The van der Waals surface area contributed by atoms with Gasteiger partial charge in [0.25, 0.3) is 0 Å². The monoisotopic (exact) mass is 300 g/mol. The Bertz CT molecular complexity index is 709. The van der Waals surface area contributed by atoms with E-state index in [-0.39, 0.29) is 11.1 Å². The van der Waals surface area contributed by atoms with Crippen molar-refractivity contribution in [1.29, 1.82) is 0 Å². The third kappa shape index (κ3) is 2.71. The summed E-state index contributed by atoms with van der Waals surface area (Å²) in [4.78, 5) is 23.4. The van der Waals surface area contributed by atoms with E-state index in [0.717, 1.165) is 0 Å². The topological polar surface area (TPSA) is 105 Å². The van der Waals surface area contributed by atoms with E-state index in [2.05, 4.69) is 0 Å². The number of rotatable bonds is 5. The maximum absolute atomic E-state index is 11.7. The van der Waals surface area contributed by atoms with Gasteiger partial charge in [-0.1, -0.05) is 6.07 Å². The van der Waals surface area contributed by atoms with Crippen molar-refractivity contribution in [3.8, 4) is 22.6 Å². The Morgan fingerprint density at radius 2 is 1.50 bits per heavy atom. The van der Waals surface area contributed by atoms with Crippen molar-refractivity contribution < 1.29 is 19.1 Å². The summed E-state index contributed by atoms with van der Waals surface area (Å²) in [5.41, 5.74) is 12.0. The van der Waals surface area contributed by atoms with Gasteiger partial charge in [-0.15, -0.1) is 0 Å². The van der Waals surface area contributed by atoms with Crippen LogP contribution in [0.4, 0.5) is 0 Å². The first kappa shape index (κ1) is 15.4. The second kappa shape index (κ2) is 6.17. The van der Waals surface area contributed by atoms with Crippen LogP contribution in [0.3, 0.4) is 0 Å². The second-order valence-corrected chi connectivity index (χ2v) is 4.52. The fraction of sp³-hybridized carbons (Fsp3) is 0.125. The molecule has 2 aromatic rings. The van der Waals surface area contributed by atoms with Crippen LogP contribution in [0.25, 0.3) is 11.1 Å². The quantitative estimate of drug-likeness (QED) is 0.874. The van der Waals surface area contributed by atoms with E-state index >= 15 is 0 Å². The number of carbonyl (C=O) groups is 2. The maximum atomic E-state index is 11.7. The van der Waals surface area contributed by atoms with E-state index in [1.807, 2.05) is 0 Å². The predicted octanol–water partition coefficient (Wildman–Crippen LogP) is 1.57. The van der Waals surface area contributed by atoms with Gasteiger partial charge in [-0.25, -0.2) is 0 Å². The molecule has 6 nitrogen and oxygen atoms in total. The first-order valence-corrected chi connectivity index (χ1v) is 6.44. The molecular formula is C16H16N2O4. The van der Waals surface area contributed by atoms with Gasteiger partial charge in [0, 0.05) is 22.3 Å². The van der Waals surface area contributed by atoms with E-state index in [9.17, 15) is 9.59 Å². The Hall–Kier alpha value is -3.02. The van der Waals surface area contributed by atoms with Crippen LogP contribution in [-0.2, 0) is 0 Å². The van der Waals surface area contributed by atoms with Gasteiger partial charge in [0.2, 0.25) is 11.8 Å². The van der Waals surface area contributed by atoms with E-state index in [4.69, 9.17) is 20.9 Å². The molecule has 0 unspecified atom stereocenters. The number of ether oxygens (including phenoxy) is 2. The van der Waals surface area contributed by atoms with Crippen molar-refractivity contribution in [2.75, 3.05) is 14.2 Å². The second-order valence-electron chi connectivity index (χ2n) is 4.52. The normalized spacial score (nSPS) is 10.1. The summed E-state index contributed by atoms with van der Waals surface area (Å²) in [5.74, 6) is -0.312. The van der Waals surface area contributed by atoms with Crippen LogP contribution >= 0.6 is 0 Å². The molecule has 4 N–H and O–H groups in total. The molecule has 114 valence electrons. The molecule has 0 aliphatic rings. The molecule has 0 heterocycles.